The number of rotatable bonds is 5. The summed E-state index contributed by atoms with van der Waals surface area (Å²) in [4.78, 5) is 7.94. The van der Waals surface area contributed by atoms with E-state index < -0.39 is 5.82 Å². The van der Waals surface area contributed by atoms with Crippen molar-refractivity contribution < 1.29 is 14.2 Å². The van der Waals surface area contributed by atoms with E-state index in [1.165, 1.54) is 0 Å². The molecule has 3 rings (SSSR count). The molecule has 0 aliphatic heterocycles. The fourth-order valence-electron chi connectivity index (χ4n) is 2.69. The van der Waals surface area contributed by atoms with Gasteiger partial charge in [-0.3, -0.25) is 4.68 Å². The van der Waals surface area contributed by atoms with Gasteiger partial charge in [0.05, 0.1) is 24.6 Å². The van der Waals surface area contributed by atoms with Gasteiger partial charge >= 0.3 is 0 Å². The zero-order chi connectivity index (χ0) is 17.1. The lowest BCUT2D eigenvalue weighted by atomic mass is 9.88. The van der Waals surface area contributed by atoms with E-state index in [1.54, 1.807) is 17.9 Å². The lowest BCUT2D eigenvalue weighted by molar-refractivity contribution is 0.0899. The van der Waals surface area contributed by atoms with Gasteiger partial charge in [-0.1, -0.05) is 11.6 Å². The van der Waals surface area contributed by atoms with Gasteiger partial charge in [-0.15, -0.1) is 0 Å². The van der Waals surface area contributed by atoms with Crippen LogP contribution in [0.15, 0.2) is 12.4 Å². The fraction of sp³-hybridized carbons (Fsp3) is 0.533. The van der Waals surface area contributed by atoms with Gasteiger partial charge in [0.2, 0.25) is 11.8 Å². The summed E-state index contributed by atoms with van der Waals surface area (Å²) >= 11 is 5.96. The van der Waals surface area contributed by atoms with E-state index in [1.807, 2.05) is 0 Å². The second kappa shape index (κ2) is 7.31. The third-order valence-electron chi connectivity index (χ3n) is 4.01. The van der Waals surface area contributed by atoms with Crippen molar-refractivity contribution in [3.05, 3.63) is 23.4 Å². The van der Waals surface area contributed by atoms with E-state index in [0.717, 1.165) is 31.9 Å². The standard InChI is InChI=1S/C15H19ClFN5O2/c1-22-7-12(13(16)21-22)19-15-18-6-11(17)14(20-15)24-8-9-2-4-10(23)5-3-9/h6-7,9-10,23H,2-5,8H2,1H3,(H,18,19,20). The van der Waals surface area contributed by atoms with Gasteiger partial charge in [0, 0.05) is 13.2 Å². The second-order valence-corrected chi connectivity index (χ2v) is 6.32. The molecule has 1 aliphatic rings. The summed E-state index contributed by atoms with van der Waals surface area (Å²) < 4.78 is 20.9. The quantitative estimate of drug-likeness (QED) is 0.857. The number of aliphatic hydroxyl groups excluding tert-OH is 1. The Morgan fingerprint density at radius 2 is 2.17 bits per heavy atom. The van der Waals surface area contributed by atoms with Gasteiger partial charge in [0.25, 0.3) is 5.88 Å². The highest BCUT2D eigenvalue weighted by Gasteiger charge is 2.21. The minimum atomic E-state index is -0.617. The lowest BCUT2D eigenvalue weighted by Gasteiger charge is -2.25. The van der Waals surface area contributed by atoms with Gasteiger partial charge in [-0.05, 0) is 31.6 Å². The summed E-state index contributed by atoms with van der Waals surface area (Å²) in [5, 5.41) is 16.7. The van der Waals surface area contributed by atoms with Gasteiger partial charge in [0.15, 0.2) is 5.15 Å². The Morgan fingerprint density at radius 3 is 2.83 bits per heavy atom. The Bertz CT molecular complexity index is 703. The molecule has 0 bridgehead atoms. The number of aryl methyl sites for hydroxylation is 1. The highest BCUT2D eigenvalue weighted by molar-refractivity contribution is 6.32. The molecule has 0 saturated heterocycles. The largest absolute Gasteiger partial charge is 0.475 e. The number of hydrogen-bond acceptors (Lipinski definition) is 6. The lowest BCUT2D eigenvalue weighted by Crippen LogP contribution is -2.23. The smallest absolute Gasteiger partial charge is 0.255 e. The van der Waals surface area contributed by atoms with Crippen LogP contribution in [-0.4, -0.2) is 37.6 Å². The highest BCUT2D eigenvalue weighted by Crippen LogP contribution is 2.26. The van der Waals surface area contributed by atoms with E-state index in [9.17, 15) is 9.50 Å². The fourth-order valence-corrected chi connectivity index (χ4v) is 2.90. The van der Waals surface area contributed by atoms with Crippen LogP contribution in [0.2, 0.25) is 5.15 Å². The Kier molecular flexibility index (Phi) is 5.15. The van der Waals surface area contributed by atoms with Crippen LogP contribution < -0.4 is 10.1 Å². The summed E-state index contributed by atoms with van der Waals surface area (Å²) in [7, 11) is 1.73. The van der Waals surface area contributed by atoms with Crippen LogP contribution in [-0.2, 0) is 7.05 Å². The van der Waals surface area contributed by atoms with Crippen LogP contribution >= 0.6 is 11.6 Å². The number of aromatic nitrogens is 4. The zero-order valence-corrected chi connectivity index (χ0v) is 14.0. The molecule has 2 aromatic rings. The Balaban J connectivity index is 1.64. The van der Waals surface area contributed by atoms with Crippen LogP contribution in [0.1, 0.15) is 25.7 Å². The maximum atomic E-state index is 13.8. The van der Waals surface area contributed by atoms with E-state index in [4.69, 9.17) is 16.3 Å². The Morgan fingerprint density at radius 1 is 1.42 bits per heavy atom. The van der Waals surface area contributed by atoms with Crippen molar-refractivity contribution in [3.8, 4) is 5.88 Å². The van der Waals surface area contributed by atoms with Crippen molar-refractivity contribution >= 4 is 23.2 Å². The minimum absolute atomic E-state index is 0.0985. The van der Waals surface area contributed by atoms with Crippen LogP contribution in [0, 0.1) is 11.7 Å². The Hall–Kier alpha value is -1.93. The molecule has 0 atom stereocenters. The van der Waals surface area contributed by atoms with Crippen molar-refractivity contribution in [2.24, 2.45) is 13.0 Å². The van der Waals surface area contributed by atoms with Crippen molar-refractivity contribution in [1.29, 1.82) is 0 Å². The summed E-state index contributed by atoms with van der Waals surface area (Å²) in [5.41, 5.74) is 0.526. The van der Waals surface area contributed by atoms with Crippen LogP contribution in [0.4, 0.5) is 16.0 Å². The molecule has 24 heavy (non-hydrogen) atoms. The van der Waals surface area contributed by atoms with E-state index in [-0.39, 0.29) is 23.1 Å². The molecule has 2 aromatic heterocycles. The summed E-state index contributed by atoms with van der Waals surface area (Å²) in [6.07, 6.45) is 5.74. The zero-order valence-electron chi connectivity index (χ0n) is 13.2. The maximum absolute atomic E-state index is 13.8. The molecule has 2 N–H and O–H groups in total. The third kappa shape index (κ3) is 4.12. The topological polar surface area (TPSA) is 85.1 Å². The first-order chi connectivity index (χ1) is 11.5. The molecule has 0 unspecified atom stereocenters. The first kappa shape index (κ1) is 16.9. The number of nitrogens with zero attached hydrogens (tertiary/aromatic N) is 4. The summed E-state index contributed by atoms with van der Waals surface area (Å²) in [6, 6.07) is 0. The van der Waals surface area contributed by atoms with E-state index >= 15 is 0 Å². The number of anilines is 2. The average molecular weight is 356 g/mol. The molecular formula is C15H19ClFN5O2. The molecule has 0 radical (unpaired) electrons. The van der Waals surface area contributed by atoms with Gasteiger partial charge in [0.1, 0.15) is 0 Å². The number of halogens is 2. The summed E-state index contributed by atoms with van der Waals surface area (Å²) in [6.45, 7) is 0.369. The minimum Gasteiger partial charge on any atom is -0.475 e. The molecule has 1 saturated carbocycles. The number of aliphatic hydroxyl groups is 1. The van der Waals surface area contributed by atoms with Crippen LogP contribution in [0.3, 0.4) is 0 Å². The molecule has 1 fully saturated rings. The summed E-state index contributed by atoms with van der Waals surface area (Å²) in [5.74, 6) is -0.236. The van der Waals surface area contributed by atoms with Gasteiger partial charge < -0.3 is 15.2 Å². The van der Waals surface area contributed by atoms with E-state index in [2.05, 4.69) is 20.4 Å². The molecule has 0 amide bonds. The Labute approximate surface area is 143 Å². The predicted molar refractivity (Wildman–Crippen MR) is 87.0 cm³/mol. The first-order valence-electron chi connectivity index (χ1n) is 7.81. The number of nitrogens with one attached hydrogen (secondary N) is 1. The van der Waals surface area contributed by atoms with E-state index in [0.29, 0.717) is 18.2 Å². The molecule has 7 nitrogen and oxygen atoms in total. The van der Waals surface area contributed by atoms with Crippen LogP contribution in [0.25, 0.3) is 0 Å². The molecule has 130 valence electrons. The molecular weight excluding hydrogens is 337 g/mol. The molecule has 2 heterocycles. The van der Waals surface area contributed by atoms with Crippen molar-refractivity contribution in [1.82, 2.24) is 19.7 Å². The predicted octanol–water partition coefficient (Wildman–Crippen LogP) is 2.68. The average Bonchev–Trinajstić information content (AvgIpc) is 2.87. The second-order valence-electron chi connectivity index (χ2n) is 5.96. The third-order valence-corrected chi connectivity index (χ3v) is 4.29. The van der Waals surface area contributed by atoms with Gasteiger partial charge in [-0.25, -0.2) is 4.98 Å². The molecule has 0 spiro atoms. The van der Waals surface area contributed by atoms with Crippen molar-refractivity contribution in [2.75, 3.05) is 11.9 Å². The monoisotopic (exact) mass is 355 g/mol. The van der Waals surface area contributed by atoms with Crippen LogP contribution in [0.5, 0.6) is 5.88 Å². The SMILES string of the molecule is Cn1cc(Nc2ncc(F)c(OCC3CCC(O)CC3)n2)c(Cl)n1. The van der Waals surface area contributed by atoms with Crippen molar-refractivity contribution in [3.63, 3.8) is 0 Å². The molecule has 1 aliphatic carbocycles. The van der Waals surface area contributed by atoms with Crippen molar-refractivity contribution in [2.45, 2.75) is 31.8 Å². The first-order valence-corrected chi connectivity index (χ1v) is 8.18. The number of hydrogen-bond donors (Lipinski definition) is 2. The normalized spacial score (nSPS) is 20.8. The van der Waals surface area contributed by atoms with Gasteiger partial charge in [-0.2, -0.15) is 14.5 Å². The molecule has 0 aromatic carbocycles. The maximum Gasteiger partial charge on any atom is 0.255 e. The highest BCUT2D eigenvalue weighted by atomic mass is 35.5. The molecule has 9 heteroatoms. The number of ether oxygens (including phenoxy) is 1.